The first-order chi connectivity index (χ1) is 26.8. The molecular weight excluding hydrogens is 697 g/mol. The fraction of sp³-hybridized carbons (Fsp3) is 0. The first kappa shape index (κ1) is 29.0. The molecule has 0 spiro atoms. The van der Waals surface area contributed by atoms with Gasteiger partial charge in [0.1, 0.15) is 22.3 Å². The van der Waals surface area contributed by atoms with E-state index in [2.05, 4.69) is 158 Å². The monoisotopic (exact) mass is 722 g/mol. The first-order valence-corrected chi connectivity index (χ1v) is 19.9. The normalized spacial score (nSPS) is 12.4. The molecule has 0 aliphatic heterocycles. The molecule has 0 aliphatic carbocycles. The average Bonchev–Trinajstić information content (AvgIpc) is 3.98. The third-order valence-electron chi connectivity index (χ3n) is 11.5. The molecule has 0 atom stereocenters. The van der Waals surface area contributed by atoms with Gasteiger partial charge in [0, 0.05) is 61.9 Å². The highest BCUT2D eigenvalue weighted by Crippen LogP contribution is 2.48. The molecule has 0 N–H and O–H groups in total. The Morgan fingerprint density at radius 1 is 0.278 bits per heavy atom. The Balaban J connectivity index is 1.10. The van der Waals surface area contributed by atoms with Crippen molar-refractivity contribution in [3.8, 4) is 22.3 Å². The second kappa shape index (κ2) is 10.6. The van der Waals surface area contributed by atoms with Crippen LogP contribution in [0.2, 0.25) is 0 Å². The van der Waals surface area contributed by atoms with E-state index in [4.69, 9.17) is 8.83 Å². The van der Waals surface area contributed by atoms with E-state index in [9.17, 15) is 0 Å². The first-order valence-electron chi connectivity index (χ1n) is 18.2. The molecule has 0 unspecified atom stereocenters. The number of rotatable bonds is 2. The van der Waals surface area contributed by atoms with Gasteiger partial charge in [0.05, 0.1) is 0 Å². The van der Waals surface area contributed by atoms with Crippen molar-refractivity contribution in [3.05, 3.63) is 158 Å². The predicted octanol–water partition coefficient (Wildman–Crippen LogP) is 15.9. The van der Waals surface area contributed by atoms with Gasteiger partial charge in [0.2, 0.25) is 0 Å². The highest BCUT2D eigenvalue weighted by Gasteiger charge is 2.21. The van der Waals surface area contributed by atoms with E-state index in [1.807, 2.05) is 22.7 Å². The molecule has 0 amide bonds. The fourth-order valence-electron chi connectivity index (χ4n) is 9.23. The third-order valence-corrected chi connectivity index (χ3v) is 13.7. The van der Waals surface area contributed by atoms with Crippen molar-refractivity contribution in [3.63, 3.8) is 0 Å². The highest BCUT2D eigenvalue weighted by molar-refractivity contribution is 7.26. The number of fused-ring (bicyclic) bond motifs is 16. The van der Waals surface area contributed by atoms with Crippen LogP contribution in [0.25, 0.3) is 128 Å². The molecule has 54 heavy (non-hydrogen) atoms. The smallest absolute Gasteiger partial charge is 0.136 e. The third kappa shape index (κ3) is 3.83. The molecule has 0 bridgehead atoms. The van der Waals surface area contributed by atoms with Crippen molar-refractivity contribution in [2.75, 3.05) is 0 Å². The Labute approximate surface area is 315 Å². The molecule has 0 fully saturated rings. The Kier molecular flexibility index (Phi) is 5.69. The van der Waals surface area contributed by atoms with E-state index < -0.39 is 0 Å². The Hall–Kier alpha value is -6.46. The maximum absolute atomic E-state index is 6.52. The van der Waals surface area contributed by atoms with Gasteiger partial charge in [-0.15, -0.1) is 22.7 Å². The van der Waals surface area contributed by atoms with Gasteiger partial charge in [-0.2, -0.15) is 0 Å². The minimum absolute atomic E-state index is 0.912. The molecule has 4 heterocycles. The van der Waals surface area contributed by atoms with Crippen LogP contribution in [0.3, 0.4) is 0 Å². The Bertz CT molecular complexity index is 3440. The van der Waals surface area contributed by atoms with Crippen LogP contribution in [0.1, 0.15) is 0 Å². The number of furan rings is 2. The van der Waals surface area contributed by atoms with Crippen LogP contribution in [0.4, 0.5) is 0 Å². The van der Waals surface area contributed by atoms with E-state index in [1.165, 1.54) is 94.9 Å². The number of hydrogen-bond acceptors (Lipinski definition) is 4. The summed E-state index contributed by atoms with van der Waals surface area (Å²) < 4.78 is 18.2. The molecule has 0 aliphatic rings. The minimum Gasteiger partial charge on any atom is -0.456 e. The van der Waals surface area contributed by atoms with Crippen LogP contribution in [0.5, 0.6) is 0 Å². The lowest BCUT2D eigenvalue weighted by molar-refractivity contribution is 0.669. The summed E-state index contributed by atoms with van der Waals surface area (Å²) in [6.07, 6.45) is 0. The molecule has 13 aromatic rings. The summed E-state index contributed by atoms with van der Waals surface area (Å²) in [7, 11) is 0. The average molecular weight is 723 g/mol. The lowest BCUT2D eigenvalue weighted by atomic mass is 9.85. The van der Waals surface area contributed by atoms with Gasteiger partial charge in [-0.25, -0.2) is 0 Å². The van der Waals surface area contributed by atoms with Gasteiger partial charge in [0.15, 0.2) is 0 Å². The highest BCUT2D eigenvalue weighted by atomic mass is 32.1. The van der Waals surface area contributed by atoms with Gasteiger partial charge in [-0.3, -0.25) is 0 Å². The van der Waals surface area contributed by atoms with Crippen molar-refractivity contribution in [2.45, 2.75) is 0 Å². The molecular formula is C50H26O2S2. The van der Waals surface area contributed by atoms with Crippen molar-refractivity contribution in [2.24, 2.45) is 0 Å². The molecule has 4 aromatic heterocycles. The van der Waals surface area contributed by atoms with E-state index in [0.29, 0.717) is 0 Å². The molecule has 9 aromatic carbocycles. The van der Waals surface area contributed by atoms with Crippen LogP contribution in [0.15, 0.2) is 167 Å². The van der Waals surface area contributed by atoms with Crippen LogP contribution >= 0.6 is 22.7 Å². The molecule has 13 rings (SSSR count). The van der Waals surface area contributed by atoms with Gasteiger partial charge in [-0.05, 0) is 104 Å². The van der Waals surface area contributed by atoms with Crippen LogP contribution in [-0.4, -0.2) is 0 Å². The summed E-state index contributed by atoms with van der Waals surface area (Å²) in [6, 6.07) is 57.5. The summed E-state index contributed by atoms with van der Waals surface area (Å²) in [6.45, 7) is 0. The zero-order valence-corrected chi connectivity index (χ0v) is 30.3. The summed E-state index contributed by atoms with van der Waals surface area (Å²) in [5.74, 6) is 0. The van der Waals surface area contributed by atoms with E-state index in [-0.39, 0.29) is 0 Å². The second-order valence-corrected chi connectivity index (χ2v) is 16.5. The number of benzene rings is 9. The number of thiophene rings is 2. The van der Waals surface area contributed by atoms with Crippen molar-refractivity contribution >= 4 is 128 Å². The molecule has 250 valence electrons. The van der Waals surface area contributed by atoms with Crippen LogP contribution in [0, 0.1) is 0 Å². The van der Waals surface area contributed by atoms with Crippen LogP contribution < -0.4 is 0 Å². The summed E-state index contributed by atoms with van der Waals surface area (Å²) in [5, 5.41) is 14.7. The fourth-order valence-corrected chi connectivity index (χ4v) is 11.5. The second-order valence-electron chi connectivity index (χ2n) is 14.3. The molecule has 4 heteroatoms. The van der Waals surface area contributed by atoms with E-state index in [0.717, 1.165) is 33.1 Å². The van der Waals surface area contributed by atoms with Crippen molar-refractivity contribution in [1.29, 1.82) is 0 Å². The van der Waals surface area contributed by atoms with Crippen LogP contribution in [-0.2, 0) is 0 Å². The molecule has 0 saturated heterocycles. The molecule has 0 radical (unpaired) electrons. The maximum Gasteiger partial charge on any atom is 0.136 e. The topological polar surface area (TPSA) is 26.3 Å². The summed E-state index contributed by atoms with van der Waals surface area (Å²) in [5.41, 5.74) is 8.53. The predicted molar refractivity (Wildman–Crippen MR) is 233 cm³/mol. The zero-order chi connectivity index (χ0) is 35.1. The SMILES string of the molecule is c1ccc2c(c1)sc1ccc3oc4ccc(-c5c6ccccc6c(-c6ccc7oc8ccc9sc%10ccccc%10c9c8c7c6)c6ccccc56)cc4c3c12. The van der Waals surface area contributed by atoms with Crippen molar-refractivity contribution < 1.29 is 8.83 Å². The summed E-state index contributed by atoms with van der Waals surface area (Å²) >= 11 is 3.70. The number of hydrogen-bond donors (Lipinski definition) is 0. The van der Waals surface area contributed by atoms with E-state index >= 15 is 0 Å². The zero-order valence-electron chi connectivity index (χ0n) is 28.6. The quantitative estimate of drug-likeness (QED) is 0.166. The van der Waals surface area contributed by atoms with Gasteiger partial charge in [0.25, 0.3) is 0 Å². The summed E-state index contributed by atoms with van der Waals surface area (Å²) in [4.78, 5) is 0. The van der Waals surface area contributed by atoms with Crippen molar-refractivity contribution in [1.82, 2.24) is 0 Å². The lowest BCUT2D eigenvalue weighted by Gasteiger charge is -2.18. The minimum atomic E-state index is 0.912. The standard InChI is InChI=1S/C50H26O2S2/c1-2-10-30-29(9-1)45(27-17-19-37-35(25-27)47-39(51-37)21-23-43-49(47)33-13-5-7-15-41(33)53-43)31-11-3-4-12-32(31)46(30)28-18-20-38-36(26-28)48-40(52-38)22-24-44-50(48)34-14-6-8-16-42(34)54-44/h1-26H. The Morgan fingerprint density at radius 3 is 1.07 bits per heavy atom. The van der Waals surface area contributed by atoms with E-state index in [1.54, 1.807) is 0 Å². The van der Waals surface area contributed by atoms with Gasteiger partial charge in [-0.1, -0.05) is 97.1 Å². The molecule has 0 saturated carbocycles. The molecule has 2 nitrogen and oxygen atoms in total. The lowest BCUT2D eigenvalue weighted by Crippen LogP contribution is -1.90. The van der Waals surface area contributed by atoms with Gasteiger partial charge < -0.3 is 8.83 Å². The largest absolute Gasteiger partial charge is 0.456 e. The van der Waals surface area contributed by atoms with Gasteiger partial charge >= 0.3 is 0 Å². The maximum atomic E-state index is 6.52. The Morgan fingerprint density at radius 2 is 0.648 bits per heavy atom.